The van der Waals surface area contributed by atoms with Crippen molar-refractivity contribution in [2.45, 2.75) is 31.7 Å². The summed E-state index contributed by atoms with van der Waals surface area (Å²) in [4.78, 5) is 28.1. The molecule has 0 saturated carbocycles. The Morgan fingerprint density at radius 2 is 2.07 bits per heavy atom. The van der Waals surface area contributed by atoms with Gasteiger partial charge in [-0.2, -0.15) is 0 Å². The maximum atomic E-state index is 12.6. The summed E-state index contributed by atoms with van der Waals surface area (Å²) in [5.74, 6) is -1.68. The number of carbonyl (C=O) groups is 2. The van der Waals surface area contributed by atoms with Gasteiger partial charge in [-0.05, 0) is 29.7 Å². The van der Waals surface area contributed by atoms with E-state index in [2.05, 4.69) is 4.98 Å². The van der Waals surface area contributed by atoms with Crippen LogP contribution in [-0.4, -0.2) is 34.0 Å². The second-order valence-electron chi connectivity index (χ2n) is 6.44. The molecule has 2 heterocycles. The van der Waals surface area contributed by atoms with Crippen LogP contribution in [0.25, 0.3) is 0 Å². The molecule has 1 aromatic carbocycles. The number of nitrogens with two attached hydrogens (primary N) is 2. The average Bonchev–Trinajstić information content (AvgIpc) is 2.67. The van der Waals surface area contributed by atoms with E-state index < -0.39 is 18.9 Å². The Bertz CT molecular complexity index is 889. The molecule has 6 N–H and O–H groups in total. The predicted molar refractivity (Wildman–Crippen MR) is 98.4 cm³/mol. The molecule has 2 aromatic rings. The lowest BCUT2D eigenvalue weighted by Crippen LogP contribution is -2.35. The van der Waals surface area contributed by atoms with Crippen LogP contribution in [0.5, 0.6) is 5.75 Å². The van der Waals surface area contributed by atoms with Crippen molar-refractivity contribution in [3.63, 3.8) is 0 Å². The summed E-state index contributed by atoms with van der Waals surface area (Å²) >= 11 is 0. The number of carboxylic acids is 1. The second-order valence-corrected chi connectivity index (χ2v) is 6.44. The van der Waals surface area contributed by atoms with E-state index in [1.54, 1.807) is 18.2 Å². The molecule has 9 heteroatoms. The van der Waals surface area contributed by atoms with E-state index in [4.69, 9.17) is 16.1 Å². The zero-order chi connectivity index (χ0) is 19.6. The van der Waals surface area contributed by atoms with Gasteiger partial charge in [-0.1, -0.05) is 12.1 Å². The number of carbonyl (C=O) groups excluding carboxylic acids is 1. The first-order chi connectivity index (χ1) is 12.9. The third-order valence-electron chi connectivity index (χ3n) is 4.69. The number of pyridine rings is 1. The lowest BCUT2D eigenvalue weighted by molar-refractivity contribution is 0.0693. The van der Waals surface area contributed by atoms with Crippen LogP contribution in [0.2, 0.25) is 5.82 Å². The number of Topliss-reactive ketones (excluding diaryl/α,β-unsaturated/α-hetero) is 1. The maximum Gasteiger partial charge on any atom is 0.526 e. The van der Waals surface area contributed by atoms with Crippen LogP contribution >= 0.6 is 0 Å². The first-order valence-corrected chi connectivity index (χ1v) is 8.55. The molecule has 3 rings (SSSR count). The van der Waals surface area contributed by atoms with E-state index in [1.807, 2.05) is 0 Å². The van der Waals surface area contributed by atoms with Crippen molar-refractivity contribution in [2.75, 3.05) is 0 Å². The van der Waals surface area contributed by atoms with Gasteiger partial charge in [0, 0.05) is 37.1 Å². The fourth-order valence-corrected chi connectivity index (χ4v) is 3.23. The quantitative estimate of drug-likeness (QED) is 0.431. The number of aromatic carboxylic acids is 1. The number of fused-ring (bicyclic) bond motifs is 1. The maximum absolute atomic E-state index is 12.6. The van der Waals surface area contributed by atoms with Gasteiger partial charge in [0.05, 0.1) is 11.3 Å². The highest BCUT2D eigenvalue weighted by Crippen LogP contribution is 2.36. The normalized spacial score (nSPS) is 15.8. The fraction of sp³-hybridized carbons (Fsp3) is 0.278. The zero-order valence-corrected chi connectivity index (χ0v) is 14.6. The van der Waals surface area contributed by atoms with Gasteiger partial charge < -0.3 is 26.3 Å². The standard InChI is InChI=1S/C18H20BN3O5/c20-7-11-4-12(9-22-15(11)8-21)16(23)6-13-5-10-2-1-3-14(18(24)25)17(10)27-19(13)26/h1-4,9,13,26H,5-8,20-21H2,(H,24,25)/t13-/m1/s1. The van der Waals surface area contributed by atoms with Crippen molar-refractivity contribution >= 4 is 18.9 Å². The highest BCUT2D eigenvalue weighted by atomic mass is 16.5. The molecule has 0 aliphatic carbocycles. The highest BCUT2D eigenvalue weighted by molar-refractivity contribution is 6.47. The lowest BCUT2D eigenvalue weighted by atomic mass is 9.64. The van der Waals surface area contributed by atoms with E-state index in [9.17, 15) is 19.7 Å². The summed E-state index contributed by atoms with van der Waals surface area (Å²) in [7, 11) is -1.27. The number of hydrogen-bond donors (Lipinski definition) is 4. The van der Waals surface area contributed by atoms with Crippen LogP contribution in [0.4, 0.5) is 0 Å². The number of para-hydroxylation sites is 1. The minimum Gasteiger partial charge on any atom is -0.535 e. The summed E-state index contributed by atoms with van der Waals surface area (Å²) < 4.78 is 5.43. The Hall–Kier alpha value is -2.75. The van der Waals surface area contributed by atoms with Gasteiger partial charge in [-0.3, -0.25) is 9.78 Å². The number of aromatic nitrogens is 1. The molecular formula is C18H20BN3O5. The van der Waals surface area contributed by atoms with E-state index in [0.717, 1.165) is 0 Å². The van der Waals surface area contributed by atoms with Gasteiger partial charge in [0.25, 0.3) is 0 Å². The van der Waals surface area contributed by atoms with E-state index in [0.29, 0.717) is 28.8 Å². The molecule has 27 heavy (non-hydrogen) atoms. The molecule has 1 aromatic heterocycles. The largest absolute Gasteiger partial charge is 0.535 e. The molecule has 1 aliphatic heterocycles. The third-order valence-corrected chi connectivity index (χ3v) is 4.69. The Morgan fingerprint density at radius 3 is 2.74 bits per heavy atom. The fourth-order valence-electron chi connectivity index (χ4n) is 3.23. The Kier molecular flexibility index (Phi) is 5.55. The summed E-state index contributed by atoms with van der Waals surface area (Å²) in [5.41, 5.74) is 13.7. The summed E-state index contributed by atoms with van der Waals surface area (Å²) in [5, 5.41) is 19.5. The minimum absolute atomic E-state index is 0.00881. The van der Waals surface area contributed by atoms with Crippen LogP contribution in [-0.2, 0) is 19.5 Å². The van der Waals surface area contributed by atoms with E-state index >= 15 is 0 Å². The average molecular weight is 369 g/mol. The smallest absolute Gasteiger partial charge is 0.526 e. The van der Waals surface area contributed by atoms with Gasteiger partial charge in [0.1, 0.15) is 5.75 Å². The third kappa shape index (κ3) is 3.85. The monoisotopic (exact) mass is 369 g/mol. The van der Waals surface area contributed by atoms with Crippen LogP contribution in [0.3, 0.4) is 0 Å². The molecule has 0 unspecified atom stereocenters. The molecule has 0 fully saturated rings. The minimum atomic E-state index is -1.27. The van der Waals surface area contributed by atoms with Crippen molar-refractivity contribution in [1.82, 2.24) is 4.98 Å². The number of rotatable bonds is 6. The second kappa shape index (κ2) is 7.87. The molecule has 0 amide bonds. The number of nitrogens with zero attached hydrogens (tertiary/aromatic N) is 1. The van der Waals surface area contributed by atoms with Crippen LogP contribution in [0, 0.1) is 0 Å². The predicted octanol–water partition coefficient (Wildman–Crippen LogP) is 0.756. The van der Waals surface area contributed by atoms with Gasteiger partial charge in [0.15, 0.2) is 5.78 Å². The van der Waals surface area contributed by atoms with Crippen molar-refractivity contribution in [2.24, 2.45) is 11.5 Å². The van der Waals surface area contributed by atoms with Crippen molar-refractivity contribution in [3.05, 3.63) is 58.4 Å². The van der Waals surface area contributed by atoms with Crippen molar-refractivity contribution in [3.8, 4) is 5.75 Å². The molecule has 0 radical (unpaired) electrons. The van der Waals surface area contributed by atoms with Crippen molar-refractivity contribution < 1.29 is 24.4 Å². The number of ketones is 1. The summed E-state index contributed by atoms with van der Waals surface area (Å²) in [6.07, 6.45) is 1.82. The van der Waals surface area contributed by atoms with Crippen LogP contribution < -0.4 is 16.1 Å². The molecule has 0 saturated heterocycles. The first kappa shape index (κ1) is 19.0. The molecule has 1 atom stereocenters. The number of benzene rings is 1. The first-order valence-electron chi connectivity index (χ1n) is 8.55. The Labute approximate surface area is 156 Å². The van der Waals surface area contributed by atoms with Gasteiger partial charge in [0.2, 0.25) is 0 Å². The molecule has 1 aliphatic rings. The molecule has 0 spiro atoms. The highest BCUT2D eigenvalue weighted by Gasteiger charge is 2.38. The zero-order valence-electron chi connectivity index (χ0n) is 14.6. The molecule has 8 nitrogen and oxygen atoms in total. The van der Waals surface area contributed by atoms with E-state index in [1.165, 1.54) is 12.3 Å². The Balaban J connectivity index is 1.79. The number of carboxylic acid groups (broad SMARTS) is 1. The molecule has 0 bridgehead atoms. The SMILES string of the molecule is NCc1cc(C(=O)C[C@H]2Cc3cccc(C(=O)O)c3OB2O)cnc1CN. The molecule has 140 valence electrons. The van der Waals surface area contributed by atoms with Crippen LogP contribution in [0.1, 0.15) is 44.0 Å². The lowest BCUT2D eigenvalue weighted by Gasteiger charge is -2.28. The van der Waals surface area contributed by atoms with E-state index in [-0.39, 0.29) is 36.6 Å². The summed E-state index contributed by atoms with van der Waals surface area (Å²) in [6.45, 7) is 0.458. The Morgan fingerprint density at radius 1 is 1.30 bits per heavy atom. The summed E-state index contributed by atoms with van der Waals surface area (Å²) in [6, 6.07) is 6.43. The van der Waals surface area contributed by atoms with Crippen LogP contribution in [0.15, 0.2) is 30.5 Å². The topological polar surface area (TPSA) is 149 Å². The van der Waals surface area contributed by atoms with Crippen molar-refractivity contribution in [1.29, 1.82) is 0 Å². The molecular weight excluding hydrogens is 349 g/mol. The van der Waals surface area contributed by atoms with Gasteiger partial charge in [-0.25, -0.2) is 4.79 Å². The van der Waals surface area contributed by atoms with Gasteiger partial charge in [-0.15, -0.1) is 0 Å². The number of hydrogen-bond acceptors (Lipinski definition) is 7. The van der Waals surface area contributed by atoms with Gasteiger partial charge >= 0.3 is 13.1 Å².